The Morgan fingerprint density at radius 2 is 1.66 bits per heavy atom. The van der Waals surface area contributed by atoms with Gasteiger partial charge in [0.2, 0.25) is 5.91 Å². The van der Waals surface area contributed by atoms with Gasteiger partial charge in [-0.05, 0) is 144 Å². The van der Waals surface area contributed by atoms with Gasteiger partial charge < -0.3 is 19.5 Å². The Labute approximate surface area is 357 Å². The number of esters is 1. The summed E-state index contributed by atoms with van der Waals surface area (Å²) in [7, 11) is 1.37. The number of carbonyl (C=O) groups excluding carboxylic acids is 2. The maximum Gasteiger partial charge on any atom is 0.328 e. The van der Waals surface area contributed by atoms with Crippen molar-refractivity contribution in [2.24, 2.45) is 5.92 Å². The number of benzene rings is 4. The Morgan fingerprint density at radius 3 is 2.39 bits per heavy atom. The minimum Gasteiger partial charge on any atom is -0.493 e. The summed E-state index contributed by atoms with van der Waals surface area (Å²) < 4.78 is 17.7. The fraction of sp³-hybridized carbons (Fsp3) is 0.367. The van der Waals surface area contributed by atoms with Gasteiger partial charge >= 0.3 is 5.97 Å². The molecule has 5 aromatic rings. The number of amides is 1. The quantitative estimate of drug-likeness (QED) is 0.125. The van der Waals surface area contributed by atoms with Crippen LogP contribution in [0.2, 0.25) is 10.0 Å². The highest BCUT2D eigenvalue weighted by molar-refractivity contribution is 6.42. The van der Waals surface area contributed by atoms with Crippen LogP contribution in [0.25, 0.3) is 11.1 Å². The van der Waals surface area contributed by atoms with Crippen molar-refractivity contribution in [2.75, 3.05) is 20.3 Å². The van der Waals surface area contributed by atoms with E-state index in [0.717, 1.165) is 70.0 Å². The van der Waals surface area contributed by atoms with Crippen LogP contribution in [0.5, 0.6) is 11.5 Å². The van der Waals surface area contributed by atoms with Gasteiger partial charge in [0.05, 0.1) is 29.8 Å². The van der Waals surface area contributed by atoms with Crippen LogP contribution in [0.1, 0.15) is 76.2 Å². The predicted molar refractivity (Wildman–Crippen MR) is 232 cm³/mol. The minimum absolute atomic E-state index is 0.148. The first-order chi connectivity index (χ1) is 28.6. The van der Waals surface area contributed by atoms with E-state index in [2.05, 4.69) is 58.5 Å². The molecule has 2 aliphatic heterocycles. The van der Waals surface area contributed by atoms with E-state index in [4.69, 9.17) is 37.4 Å². The smallest absolute Gasteiger partial charge is 0.328 e. The van der Waals surface area contributed by atoms with Gasteiger partial charge in [0.25, 0.3) is 0 Å². The summed E-state index contributed by atoms with van der Waals surface area (Å²) in [4.78, 5) is 34.2. The maximum absolute atomic E-state index is 14.3. The second kappa shape index (κ2) is 18.2. The minimum atomic E-state index is -0.814. The van der Waals surface area contributed by atoms with Crippen molar-refractivity contribution in [3.63, 3.8) is 0 Å². The molecule has 8 rings (SSSR count). The molecule has 1 aromatic heterocycles. The van der Waals surface area contributed by atoms with E-state index in [1.165, 1.54) is 43.1 Å². The molecule has 3 atom stereocenters. The monoisotopic (exact) mass is 831 g/mol. The van der Waals surface area contributed by atoms with Crippen molar-refractivity contribution in [3.05, 3.63) is 146 Å². The van der Waals surface area contributed by atoms with Crippen molar-refractivity contribution < 1.29 is 23.8 Å². The summed E-state index contributed by atoms with van der Waals surface area (Å²) in [5.41, 5.74) is 11.1. The number of hydrogen-bond acceptors (Lipinski definition) is 7. The van der Waals surface area contributed by atoms with Crippen molar-refractivity contribution in [1.29, 1.82) is 0 Å². The number of nitrogens with one attached hydrogen (secondary N) is 1. The van der Waals surface area contributed by atoms with Gasteiger partial charge in [-0.15, -0.1) is 0 Å². The molecule has 59 heavy (non-hydrogen) atoms. The first-order valence-electron chi connectivity index (χ1n) is 20.7. The number of methoxy groups -OCH3 is 1. The van der Waals surface area contributed by atoms with Gasteiger partial charge in [-0.3, -0.25) is 14.7 Å². The summed E-state index contributed by atoms with van der Waals surface area (Å²) in [6, 6.07) is 27.3. The summed E-state index contributed by atoms with van der Waals surface area (Å²) in [6.07, 6.45) is 8.04. The third-order valence-electron chi connectivity index (χ3n) is 12.5. The largest absolute Gasteiger partial charge is 0.493 e. The number of rotatable bonds is 12. The van der Waals surface area contributed by atoms with E-state index < -0.39 is 18.1 Å². The highest BCUT2D eigenvalue weighted by atomic mass is 35.5. The number of pyridine rings is 1. The van der Waals surface area contributed by atoms with Crippen LogP contribution in [-0.4, -0.2) is 54.1 Å². The lowest BCUT2D eigenvalue weighted by Gasteiger charge is -2.40. The number of aromatic nitrogens is 1. The normalized spacial score (nSPS) is 18.3. The second-order valence-corrected chi connectivity index (χ2v) is 17.2. The van der Waals surface area contributed by atoms with E-state index in [0.29, 0.717) is 54.5 Å². The summed E-state index contributed by atoms with van der Waals surface area (Å²) in [5.74, 6) is 1.95. The zero-order valence-electron chi connectivity index (χ0n) is 33.9. The van der Waals surface area contributed by atoms with E-state index >= 15 is 0 Å². The number of aryl methyl sites for hydroxylation is 1. The van der Waals surface area contributed by atoms with Gasteiger partial charge in [0, 0.05) is 31.4 Å². The molecule has 306 valence electrons. The van der Waals surface area contributed by atoms with Crippen molar-refractivity contribution in [2.45, 2.75) is 89.9 Å². The van der Waals surface area contributed by atoms with Crippen LogP contribution in [0.4, 0.5) is 0 Å². The van der Waals surface area contributed by atoms with Gasteiger partial charge in [-0.2, -0.15) is 0 Å². The topological polar surface area (TPSA) is 90.0 Å². The number of hydrogen-bond donors (Lipinski definition) is 1. The summed E-state index contributed by atoms with van der Waals surface area (Å²) >= 11 is 12.3. The van der Waals surface area contributed by atoms with E-state index in [1.807, 2.05) is 55.6 Å². The molecule has 0 radical (unpaired) electrons. The van der Waals surface area contributed by atoms with Gasteiger partial charge in [-0.25, -0.2) is 4.79 Å². The molecule has 1 amide bonds. The number of ether oxygens (including phenoxy) is 3. The Bertz CT molecular complexity index is 2310. The lowest BCUT2D eigenvalue weighted by Crippen LogP contribution is -2.55. The van der Waals surface area contributed by atoms with Crippen LogP contribution >= 0.6 is 23.2 Å². The van der Waals surface area contributed by atoms with Crippen molar-refractivity contribution >= 4 is 35.1 Å². The maximum atomic E-state index is 14.3. The Morgan fingerprint density at radius 1 is 0.881 bits per heavy atom. The third-order valence-corrected chi connectivity index (χ3v) is 13.3. The number of carbonyl (C=O) groups is 2. The van der Waals surface area contributed by atoms with Crippen LogP contribution in [-0.2, 0) is 46.7 Å². The third kappa shape index (κ3) is 9.46. The molecule has 8 nitrogen and oxygen atoms in total. The first-order valence-corrected chi connectivity index (χ1v) is 21.5. The average Bonchev–Trinajstić information content (AvgIpc) is 3.44. The van der Waals surface area contributed by atoms with Crippen molar-refractivity contribution in [1.82, 2.24) is 15.2 Å². The lowest BCUT2D eigenvalue weighted by molar-refractivity contribution is -0.146. The van der Waals surface area contributed by atoms with Gasteiger partial charge in [0.15, 0.2) is 0 Å². The van der Waals surface area contributed by atoms with Gasteiger partial charge in [0.1, 0.15) is 24.1 Å². The molecule has 0 spiro atoms. The Kier molecular flexibility index (Phi) is 12.6. The highest BCUT2D eigenvalue weighted by Gasteiger charge is 2.37. The molecule has 3 aliphatic rings. The molecule has 0 saturated heterocycles. The van der Waals surface area contributed by atoms with Crippen LogP contribution < -0.4 is 14.8 Å². The number of nitrogens with zero attached hydrogens (tertiary/aromatic N) is 2. The number of fused-ring (bicyclic) bond motifs is 2. The molecule has 1 N–H and O–H groups in total. The lowest BCUT2D eigenvalue weighted by atomic mass is 9.83. The fourth-order valence-electron chi connectivity index (χ4n) is 8.68. The molecule has 0 unspecified atom stereocenters. The fourth-order valence-corrected chi connectivity index (χ4v) is 9.00. The molecular formula is C49H51Cl2N3O5. The SMILES string of the molecule is COC(=O)[C@H](Cc1ccc(-c2ccnc(C)c2C)cc1)NC(=O)[C@@H]1Cc2cc3c(cc2CN1CC1CCC1)C[C@H](c1ccc(OCc2ccc(Cl)c(Cl)c2)cc1)CCO3. The number of halogens is 2. The van der Waals surface area contributed by atoms with Gasteiger partial charge in [-0.1, -0.05) is 78.2 Å². The predicted octanol–water partition coefficient (Wildman–Crippen LogP) is 9.79. The van der Waals surface area contributed by atoms with Crippen molar-refractivity contribution in [3.8, 4) is 22.6 Å². The second-order valence-electron chi connectivity index (χ2n) is 16.4. The molecule has 4 aromatic carbocycles. The van der Waals surface area contributed by atoms with Crippen LogP contribution in [0.15, 0.2) is 91.1 Å². The van der Waals surface area contributed by atoms with E-state index in [9.17, 15) is 9.59 Å². The standard InChI is InChI=1S/C49H51Cl2N3O5/c1-30-31(2)52-19-17-42(30)36-10-7-32(8-11-36)22-45(49(56)57-3)53-48(55)46-25-38-26-47-39(24-40(38)28-54(46)27-33-5-4-6-33)23-37(18-20-58-47)35-12-14-41(15-13-35)59-29-34-9-16-43(50)44(51)21-34/h7-17,19,21,24,26,33,37,45-46H,4-6,18,20,22-23,25,27-29H2,1-3H3,(H,53,55)/t37-,45+,46+/m1/s1. The van der Waals surface area contributed by atoms with Crippen LogP contribution in [0, 0.1) is 19.8 Å². The summed E-state index contributed by atoms with van der Waals surface area (Å²) in [5, 5.41) is 4.17. The van der Waals surface area contributed by atoms with Crippen LogP contribution in [0.3, 0.4) is 0 Å². The Hall–Kier alpha value is -4.89. The Balaban J connectivity index is 0.959. The molecular weight excluding hydrogens is 781 g/mol. The molecule has 3 heterocycles. The first kappa shape index (κ1) is 40.9. The highest BCUT2D eigenvalue weighted by Crippen LogP contribution is 2.38. The van der Waals surface area contributed by atoms with E-state index in [-0.39, 0.29) is 5.91 Å². The van der Waals surface area contributed by atoms with E-state index in [1.54, 1.807) is 6.07 Å². The molecule has 1 fully saturated rings. The molecule has 0 bridgehead atoms. The average molecular weight is 833 g/mol. The zero-order chi connectivity index (χ0) is 41.0. The summed E-state index contributed by atoms with van der Waals surface area (Å²) in [6.45, 7) is 6.62. The molecule has 1 aliphatic carbocycles. The molecule has 10 heteroatoms. The zero-order valence-corrected chi connectivity index (χ0v) is 35.5. The molecule has 1 saturated carbocycles.